The predicted molar refractivity (Wildman–Crippen MR) is 80.3 cm³/mol. The highest BCUT2D eigenvalue weighted by atomic mass is 79.9. The molecule has 8 heteroatoms. The van der Waals surface area contributed by atoms with Gasteiger partial charge in [-0.3, -0.25) is 0 Å². The molecule has 2 rings (SSSR count). The van der Waals surface area contributed by atoms with Crippen molar-refractivity contribution in [1.29, 1.82) is 0 Å². The van der Waals surface area contributed by atoms with E-state index in [4.69, 9.17) is 5.73 Å². The van der Waals surface area contributed by atoms with Gasteiger partial charge in [0, 0.05) is 18.0 Å². The summed E-state index contributed by atoms with van der Waals surface area (Å²) in [7, 11) is -3.88. The van der Waals surface area contributed by atoms with Crippen molar-refractivity contribution >= 4 is 37.3 Å². The van der Waals surface area contributed by atoms with Crippen molar-refractivity contribution in [3.05, 3.63) is 50.4 Å². The molecule has 0 saturated carbocycles. The van der Waals surface area contributed by atoms with Gasteiger partial charge in [-0.15, -0.1) is 11.3 Å². The van der Waals surface area contributed by atoms with E-state index in [9.17, 15) is 12.8 Å². The summed E-state index contributed by atoms with van der Waals surface area (Å²) >= 11 is 4.71. The fraction of sp³-hybridized carbons (Fsp3) is 0.167. The third-order valence-electron chi connectivity index (χ3n) is 2.59. The number of thiophene rings is 1. The van der Waals surface area contributed by atoms with Gasteiger partial charge in [0.25, 0.3) is 0 Å². The smallest absolute Gasteiger partial charge is 0.243 e. The molecule has 0 spiro atoms. The highest BCUT2D eigenvalue weighted by Gasteiger charge is 2.19. The van der Waals surface area contributed by atoms with Crippen LogP contribution in [0.3, 0.4) is 0 Å². The molecule has 0 saturated heterocycles. The molecule has 2 aromatic rings. The first-order valence-corrected chi connectivity index (χ1v) is 8.74. The first-order chi connectivity index (χ1) is 9.42. The molecular weight excluding hydrogens is 367 g/mol. The normalized spacial score (nSPS) is 11.8. The fourth-order valence-electron chi connectivity index (χ4n) is 1.58. The molecule has 0 aliphatic heterocycles. The van der Waals surface area contributed by atoms with Crippen LogP contribution in [0, 0.1) is 5.82 Å². The number of benzene rings is 1. The summed E-state index contributed by atoms with van der Waals surface area (Å²) in [4.78, 5) is 0.463. The van der Waals surface area contributed by atoms with Crippen LogP contribution in [-0.2, 0) is 23.1 Å². The average Bonchev–Trinajstić information content (AvgIpc) is 2.82. The van der Waals surface area contributed by atoms with Crippen LogP contribution in [0.15, 0.2) is 39.0 Å². The van der Waals surface area contributed by atoms with Crippen molar-refractivity contribution in [2.75, 3.05) is 0 Å². The summed E-state index contributed by atoms with van der Waals surface area (Å²) in [6.45, 7) is 0.282. The molecular formula is C12H12BrFN2O2S2. The topological polar surface area (TPSA) is 72.2 Å². The number of halogens is 2. The maximum absolute atomic E-state index is 13.8. The van der Waals surface area contributed by atoms with Gasteiger partial charge in [0.2, 0.25) is 10.0 Å². The van der Waals surface area contributed by atoms with Crippen molar-refractivity contribution in [2.24, 2.45) is 5.73 Å². The number of hydrogen-bond donors (Lipinski definition) is 2. The van der Waals surface area contributed by atoms with E-state index in [1.807, 2.05) is 6.07 Å². The minimum absolute atomic E-state index is 0.122. The molecule has 1 aromatic heterocycles. The van der Waals surface area contributed by atoms with E-state index in [-0.39, 0.29) is 18.0 Å². The Morgan fingerprint density at radius 2 is 2.05 bits per heavy atom. The Hall–Kier alpha value is -0.800. The van der Waals surface area contributed by atoms with E-state index >= 15 is 0 Å². The van der Waals surface area contributed by atoms with E-state index in [1.165, 1.54) is 23.5 Å². The SMILES string of the molecule is NCc1ccc(S(=O)(=O)NCc2ccc(Br)s2)c(F)c1. The quantitative estimate of drug-likeness (QED) is 0.839. The van der Waals surface area contributed by atoms with Crippen LogP contribution in [0.1, 0.15) is 10.4 Å². The molecule has 0 bridgehead atoms. The van der Waals surface area contributed by atoms with Gasteiger partial charge >= 0.3 is 0 Å². The van der Waals surface area contributed by atoms with Crippen LogP contribution in [0.4, 0.5) is 4.39 Å². The Morgan fingerprint density at radius 1 is 1.30 bits per heavy atom. The molecule has 1 aromatic carbocycles. The van der Waals surface area contributed by atoms with Crippen LogP contribution in [-0.4, -0.2) is 8.42 Å². The van der Waals surface area contributed by atoms with Crippen molar-refractivity contribution in [2.45, 2.75) is 18.0 Å². The van der Waals surface area contributed by atoms with Crippen LogP contribution in [0.5, 0.6) is 0 Å². The van der Waals surface area contributed by atoms with Gasteiger partial charge in [-0.25, -0.2) is 17.5 Å². The van der Waals surface area contributed by atoms with Gasteiger partial charge in [0.1, 0.15) is 10.7 Å². The molecule has 0 amide bonds. The molecule has 4 nitrogen and oxygen atoms in total. The first kappa shape index (κ1) is 15.6. The number of nitrogens with one attached hydrogen (secondary N) is 1. The lowest BCUT2D eigenvalue weighted by Gasteiger charge is -2.07. The second-order valence-electron chi connectivity index (χ2n) is 4.00. The molecule has 0 atom stereocenters. The molecule has 0 radical (unpaired) electrons. The maximum Gasteiger partial charge on any atom is 0.243 e. The van der Waals surface area contributed by atoms with Gasteiger partial charge < -0.3 is 5.73 Å². The molecule has 0 aliphatic rings. The van der Waals surface area contributed by atoms with E-state index in [1.54, 1.807) is 6.07 Å². The average molecular weight is 379 g/mol. The third kappa shape index (κ3) is 3.64. The monoisotopic (exact) mass is 378 g/mol. The maximum atomic E-state index is 13.8. The third-order valence-corrected chi connectivity index (χ3v) is 5.64. The molecule has 0 fully saturated rings. The number of rotatable bonds is 5. The van der Waals surface area contributed by atoms with Crippen molar-refractivity contribution in [1.82, 2.24) is 4.72 Å². The summed E-state index contributed by atoms with van der Waals surface area (Å²) in [5, 5.41) is 0. The van der Waals surface area contributed by atoms with Crippen LogP contribution in [0.25, 0.3) is 0 Å². The van der Waals surface area contributed by atoms with E-state index in [0.29, 0.717) is 5.56 Å². The molecule has 1 heterocycles. The Morgan fingerprint density at radius 3 is 2.60 bits per heavy atom. The summed E-state index contributed by atoms with van der Waals surface area (Å²) in [6, 6.07) is 7.48. The summed E-state index contributed by atoms with van der Waals surface area (Å²) in [5.41, 5.74) is 5.93. The van der Waals surface area contributed by atoms with Crippen LogP contribution < -0.4 is 10.5 Å². The van der Waals surface area contributed by atoms with E-state index < -0.39 is 15.8 Å². The Labute approximate surface area is 129 Å². The standard InChI is InChI=1S/C12H12BrFN2O2S2/c13-12-4-2-9(19-12)7-16-20(17,18)11-3-1-8(6-15)5-10(11)14/h1-5,16H,6-7,15H2. The summed E-state index contributed by atoms with van der Waals surface area (Å²) in [6.07, 6.45) is 0. The van der Waals surface area contributed by atoms with Gasteiger partial charge in [-0.1, -0.05) is 6.07 Å². The zero-order valence-electron chi connectivity index (χ0n) is 10.3. The highest BCUT2D eigenvalue weighted by Crippen LogP contribution is 2.22. The highest BCUT2D eigenvalue weighted by molar-refractivity contribution is 9.11. The Kier molecular flexibility index (Phi) is 4.92. The summed E-state index contributed by atoms with van der Waals surface area (Å²) in [5.74, 6) is -0.798. The first-order valence-electron chi connectivity index (χ1n) is 5.65. The van der Waals surface area contributed by atoms with E-state index in [0.717, 1.165) is 14.7 Å². The van der Waals surface area contributed by atoms with Crippen LogP contribution in [0.2, 0.25) is 0 Å². The number of sulfonamides is 1. The largest absolute Gasteiger partial charge is 0.326 e. The Bertz CT molecular complexity index is 716. The van der Waals surface area contributed by atoms with Gasteiger partial charge in [0.05, 0.1) is 3.79 Å². The van der Waals surface area contributed by atoms with Crippen molar-refractivity contribution in [3.8, 4) is 0 Å². The molecule has 108 valence electrons. The lowest BCUT2D eigenvalue weighted by molar-refractivity contribution is 0.556. The minimum atomic E-state index is -3.88. The molecule has 0 aliphatic carbocycles. The second kappa shape index (κ2) is 6.31. The van der Waals surface area contributed by atoms with Gasteiger partial charge in [0.15, 0.2) is 0 Å². The second-order valence-corrected chi connectivity index (χ2v) is 8.28. The zero-order chi connectivity index (χ0) is 14.8. The zero-order valence-corrected chi connectivity index (χ0v) is 13.5. The van der Waals surface area contributed by atoms with Crippen molar-refractivity contribution < 1.29 is 12.8 Å². The minimum Gasteiger partial charge on any atom is -0.326 e. The van der Waals surface area contributed by atoms with E-state index in [2.05, 4.69) is 20.7 Å². The molecule has 3 N–H and O–H groups in total. The summed E-state index contributed by atoms with van der Waals surface area (Å²) < 4.78 is 41.2. The lowest BCUT2D eigenvalue weighted by Crippen LogP contribution is -2.24. The number of nitrogens with two attached hydrogens (primary N) is 1. The Balaban J connectivity index is 2.18. The van der Waals surface area contributed by atoms with Gasteiger partial charge in [-0.2, -0.15) is 0 Å². The van der Waals surface area contributed by atoms with Crippen molar-refractivity contribution in [3.63, 3.8) is 0 Å². The fourth-order valence-corrected chi connectivity index (χ4v) is 4.16. The lowest BCUT2D eigenvalue weighted by atomic mass is 10.2. The predicted octanol–water partition coefficient (Wildman–Crippen LogP) is 2.59. The van der Waals surface area contributed by atoms with Gasteiger partial charge in [-0.05, 0) is 45.8 Å². The van der Waals surface area contributed by atoms with Crippen LogP contribution >= 0.6 is 27.3 Å². The number of hydrogen-bond acceptors (Lipinski definition) is 4. The molecule has 0 unspecified atom stereocenters. The molecule has 20 heavy (non-hydrogen) atoms.